The van der Waals surface area contributed by atoms with Crippen LogP contribution in [0.2, 0.25) is 10.0 Å². The molecule has 3 aromatic rings. The number of benzene rings is 1. The number of nitrogens with zero attached hydrogens (tertiary/aromatic N) is 3. The van der Waals surface area contributed by atoms with Gasteiger partial charge in [-0.15, -0.1) is 21.5 Å². The van der Waals surface area contributed by atoms with Gasteiger partial charge in [-0.25, -0.2) is 0 Å². The lowest BCUT2D eigenvalue weighted by Crippen LogP contribution is -2.01. The van der Waals surface area contributed by atoms with Crippen molar-refractivity contribution in [1.29, 1.82) is 0 Å². The minimum Gasteiger partial charge on any atom is -0.302 e. The Bertz CT molecular complexity index is 867. The summed E-state index contributed by atoms with van der Waals surface area (Å²) in [4.78, 5) is 1.36. The van der Waals surface area contributed by atoms with E-state index >= 15 is 0 Å². The molecule has 0 atom stereocenters. The van der Waals surface area contributed by atoms with Crippen LogP contribution < -0.4 is 0 Å². The highest BCUT2D eigenvalue weighted by Crippen LogP contribution is 2.34. The highest BCUT2D eigenvalue weighted by molar-refractivity contribution is 7.98. The summed E-state index contributed by atoms with van der Waals surface area (Å²) in [6.07, 6.45) is 1.02. The van der Waals surface area contributed by atoms with Gasteiger partial charge in [-0.1, -0.05) is 61.8 Å². The van der Waals surface area contributed by atoms with Crippen LogP contribution in [0.15, 0.2) is 34.8 Å². The molecule has 0 fully saturated rings. The molecule has 3 rings (SSSR count). The molecule has 26 heavy (non-hydrogen) atoms. The maximum Gasteiger partial charge on any atom is 0.191 e. The van der Waals surface area contributed by atoms with Crippen LogP contribution in [0.4, 0.5) is 0 Å². The van der Waals surface area contributed by atoms with Gasteiger partial charge in [0.1, 0.15) is 0 Å². The van der Waals surface area contributed by atoms with Gasteiger partial charge < -0.3 is 4.57 Å². The summed E-state index contributed by atoms with van der Waals surface area (Å²) in [7, 11) is 0. The fraction of sp³-hybridized carbons (Fsp3) is 0.368. The zero-order valence-electron chi connectivity index (χ0n) is 15.0. The van der Waals surface area contributed by atoms with E-state index in [2.05, 4.69) is 47.0 Å². The molecule has 0 N–H and O–H groups in total. The SMILES string of the molecule is CCCn1c(SCc2c(Cl)cccc2Cl)nnc1-c1csc(C(C)C)c1. The topological polar surface area (TPSA) is 30.7 Å². The Hall–Kier alpha value is -1.01. The number of hydrogen-bond acceptors (Lipinski definition) is 4. The first-order chi connectivity index (χ1) is 12.5. The second-order valence-electron chi connectivity index (χ2n) is 6.34. The maximum atomic E-state index is 6.29. The van der Waals surface area contributed by atoms with Crippen molar-refractivity contribution in [3.05, 3.63) is 50.1 Å². The lowest BCUT2D eigenvalue weighted by atomic mass is 10.1. The average Bonchev–Trinajstić information content (AvgIpc) is 3.22. The van der Waals surface area contributed by atoms with Crippen LogP contribution in [0, 0.1) is 0 Å². The molecule has 1 aromatic carbocycles. The minimum atomic E-state index is 0.521. The molecule has 0 amide bonds. The van der Waals surface area contributed by atoms with Gasteiger partial charge >= 0.3 is 0 Å². The van der Waals surface area contributed by atoms with Crippen molar-refractivity contribution in [3.8, 4) is 11.4 Å². The van der Waals surface area contributed by atoms with Crippen molar-refractivity contribution < 1.29 is 0 Å². The van der Waals surface area contributed by atoms with E-state index < -0.39 is 0 Å². The molecular formula is C19H21Cl2N3S2. The summed E-state index contributed by atoms with van der Waals surface area (Å²) >= 11 is 16.0. The van der Waals surface area contributed by atoms with Crippen molar-refractivity contribution in [2.45, 2.75) is 50.6 Å². The van der Waals surface area contributed by atoms with Gasteiger partial charge in [0.2, 0.25) is 0 Å². The average molecular weight is 426 g/mol. The van der Waals surface area contributed by atoms with E-state index in [1.165, 1.54) is 4.88 Å². The molecule has 3 nitrogen and oxygen atoms in total. The van der Waals surface area contributed by atoms with E-state index in [0.717, 1.165) is 35.1 Å². The number of thioether (sulfide) groups is 1. The van der Waals surface area contributed by atoms with Gasteiger partial charge in [-0.05, 0) is 36.1 Å². The summed E-state index contributed by atoms with van der Waals surface area (Å²) in [5.41, 5.74) is 2.08. The van der Waals surface area contributed by atoms with Crippen LogP contribution in [0.3, 0.4) is 0 Å². The van der Waals surface area contributed by atoms with Crippen LogP contribution in [0.5, 0.6) is 0 Å². The largest absolute Gasteiger partial charge is 0.302 e. The van der Waals surface area contributed by atoms with E-state index in [1.54, 1.807) is 23.1 Å². The monoisotopic (exact) mass is 425 g/mol. The molecule has 0 unspecified atom stereocenters. The fourth-order valence-corrected chi connectivity index (χ4v) is 5.22. The van der Waals surface area contributed by atoms with Gasteiger partial charge in [0.25, 0.3) is 0 Å². The fourth-order valence-electron chi connectivity index (χ4n) is 2.61. The third-order valence-corrected chi connectivity index (χ3v) is 6.95. The van der Waals surface area contributed by atoms with Crippen LogP contribution in [-0.2, 0) is 12.3 Å². The van der Waals surface area contributed by atoms with E-state index in [0.29, 0.717) is 21.7 Å². The normalized spacial score (nSPS) is 11.5. The maximum absolute atomic E-state index is 6.29. The van der Waals surface area contributed by atoms with Gasteiger partial charge in [0.15, 0.2) is 11.0 Å². The lowest BCUT2D eigenvalue weighted by Gasteiger charge is -2.09. The molecule has 0 aliphatic carbocycles. The van der Waals surface area contributed by atoms with Crippen LogP contribution in [0.1, 0.15) is 43.6 Å². The van der Waals surface area contributed by atoms with Crippen molar-refractivity contribution >= 4 is 46.3 Å². The number of rotatable bonds is 7. The zero-order chi connectivity index (χ0) is 18.7. The molecule has 0 bridgehead atoms. The first-order valence-corrected chi connectivity index (χ1v) is 11.2. The first kappa shape index (κ1) is 19.7. The zero-order valence-corrected chi connectivity index (χ0v) is 18.1. The van der Waals surface area contributed by atoms with Crippen molar-refractivity contribution in [1.82, 2.24) is 14.8 Å². The van der Waals surface area contributed by atoms with Gasteiger partial charge in [-0.3, -0.25) is 0 Å². The first-order valence-electron chi connectivity index (χ1n) is 8.59. The van der Waals surface area contributed by atoms with E-state index in [1.807, 2.05) is 18.2 Å². The molecule has 0 aliphatic rings. The second kappa shape index (κ2) is 8.79. The van der Waals surface area contributed by atoms with Crippen molar-refractivity contribution in [2.75, 3.05) is 0 Å². The van der Waals surface area contributed by atoms with E-state index in [4.69, 9.17) is 23.2 Å². The summed E-state index contributed by atoms with van der Waals surface area (Å²) in [5, 5.41) is 13.3. The molecule has 0 aliphatic heterocycles. The molecule has 0 saturated heterocycles. The summed E-state index contributed by atoms with van der Waals surface area (Å²) < 4.78 is 2.20. The molecule has 0 spiro atoms. The van der Waals surface area contributed by atoms with E-state index in [-0.39, 0.29) is 0 Å². The lowest BCUT2D eigenvalue weighted by molar-refractivity contribution is 0.626. The number of hydrogen-bond donors (Lipinski definition) is 0. The van der Waals surface area contributed by atoms with Gasteiger partial charge in [-0.2, -0.15) is 0 Å². The molecule has 7 heteroatoms. The number of aromatic nitrogens is 3. The third kappa shape index (κ3) is 4.28. The summed E-state index contributed by atoms with van der Waals surface area (Å²) in [6, 6.07) is 7.82. The molecular weight excluding hydrogens is 405 g/mol. The minimum absolute atomic E-state index is 0.521. The molecule has 2 aromatic heterocycles. The predicted octanol–water partition coefficient (Wildman–Crippen LogP) is 7.14. The highest BCUT2D eigenvalue weighted by atomic mass is 35.5. The highest BCUT2D eigenvalue weighted by Gasteiger charge is 2.17. The Kier molecular flexibility index (Phi) is 6.67. The summed E-state index contributed by atoms with van der Waals surface area (Å²) in [6.45, 7) is 7.46. The number of halogens is 2. The van der Waals surface area contributed by atoms with Crippen LogP contribution in [-0.4, -0.2) is 14.8 Å². The smallest absolute Gasteiger partial charge is 0.191 e. The third-order valence-electron chi connectivity index (χ3n) is 4.02. The Morgan fingerprint density at radius 3 is 2.54 bits per heavy atom. The Balaban J connectivity index is 1.87. The quantitative estimate of drug-likeness (QED) is 0.376. The van der Waals surface area contributed by atoms with E-state index in [9.17, 15) is 0 Å². The van der Waals surface area contributed by atoms with Crippen molar-refractivity contribution in [3.63, 3.8) is 0 Å². The Morgan fingerprint density at radius 1 is 1.19 bits per heavy atom. The van der Waals surface area contributed by atoms with Crippen LogP contribution >= 0.6 is 46.3 Å². The summed E-state index contributed by atoms with van der Waals surface area (Å²) in [5.74, 6) is 2.12. The second-order valence-corrected chi connectivity index (χ2v) is 9.04. The molecule has 138 valence electrons. The van der Waals surface area contributed by atoms with Crippen molar-refractivity contribution in [2.24, 2.45) is 0 Å². The van der Waals surface area contributed by atoms with Gasteiger partial charge in [0, 0.05) is 38.2 Å². The Labute approximate surface area is 172 Å². The Morgan fingerprint density at radius 2 is 1.92 bits per heavy atom. The van der Waals surface area contributed by atoms with Crippen LogP contribution in [0.25, 0.3) is 11.4 Å². The van der Waals surface area contributed by atoms with Gasteiger partial charge in [0.05, 0.1) is 0 Å². The number of thiophene rings is 1. The molecule has 0 saturated carbocycles. The molecule has 2 heterocycles. The standard InChI is InChI=1S/C19H21Cl2N3S2/c1-4-8-24-18(13-9-17(12(2)3)25-10-13)22-23-19(24)26-11-14-15(20)6-5-7-16(14)21/h5-7,9-10,12H,4,8,11H2,1-3H3. The predicted molar refractivity (Wildman–Crippen MR) is 114 cm³/mol. The molecule has 0 radical (unpaired) electrons.